The van der Waals surface area contributed by atoms with Gasteiger partial charge in [0.1, 0.15) is 5.82 Å². The van der Waals surface area contributed by atoms with Crippen molar-refractivity contribution in [2.45, 2.75) is 59.2 Å². The SMILES string of the molecule is [2H]C([2H])([2H])c1cc(-n2c3[c-]c(Oc4[c-]c(N5[CH-]N(c6cc(C(C)(C)C)cc(C(C)(C)C)c6)c6ccccc65)ccc4)ccc3c3ccccc32)ncc1-c1cccc(-c2ccccc2)c1.[Pt]. The van der Waals surface area contributed by atoms with E-state index < -0.39 is 6.85 Å². The van der Waals surface area contributed by atoms with E-state index >= 15 is 0 Å². The Labute approximate surface area is 390 Å². The van der Waals surface area contributed by atoms with Gasteiger partial charge in [0.2, 0.25) is 0 Å². The van der Waals surface area contributed by atoms with Gasteiger partial charge in [-0.1, -0.05) is 132 Å². The largest absolute Gasteiger partial charge is 0.509 e. The van der Waals surface area contributed by atoms with E-state index in [1.807, 2.05) is 108 Å². The third-order valence-electron chi connectivity index (χ3n) is 11.7. The summed E-state index contributed by atoms with van der Waals surface area (Å²) in [6, 6.07) is 60.1. The van der Waals surface area contributed by atoms with Crippen molar-refractivity contribution < 1.29 is 29.9 Å². The van der Waals surface area contributed by atoms with Crippen LogP contribution in [0.2, 0.25) is 0 Å². The van der Waals surface area contributed by atoms with Crippen LogP contribution in [0.25, 0.3) is 49.9 Å². The molecule has 1 aliphatic heterocycles. The van der Waals surface area contributed by atoms with Crippen LogP contribution in [0.5, 0.6) is 11.5 Å². The van der Waals surface area contributed by atoms with E-state index in [4.69, 9.17) is 13.8 Å². The zero-order chi connectivity index (χ0) is 45.3. The van der Waals surface area contributed by atoms with E-state index in [2.05, 4.69) is 119 Å². The van der Waals surface area contributed by atoms with Gasteiger partial charge < -0.3 is 19.1 Å². The van der Waals surface area contributed by atoms with Gasteiger partial charge in [0.25, 0.3) is 0 Å². The van der Waals surface area contributed by atoms with Crippen molar-refractivity contribution in [3.63, 3.8) is 0 Å². The number of para-hydroxylation sites is 3. The van der Waals surface area contributed by atoms with Crippen LogP contribution in [0.4, 0.5) is 22.7 Å². The molecule has 6 heteroatoms. The summed E-state index contributed by atoms with van der Waals surface area (Å²) < 4.78 is 34.6. The van der Waals surface area contributed by atoms with Crippen molar-refractivity contribution in [1.82, 2.24) is 9.55 Å². The summed E-state index contributed by atoms with van der Waals surface area (Å²) in [5.41, 5.74) is 11.8. The predicted octanol–water partition coefficient (Wildman–Crippen LogP) is 15.2. The normalized spacial score (nSPS) is 13.7. The molecule has 7 aromatic carbocycles. The fourth-order valence-electron chi connectivity index (χ4n) is 8.35. The van der Waals surface area contributed by atoms with Crippen molar-refractivity contribution >= 4 is 44.6 Å². The third kappa shape index (κ3) is 7.96. The van der Waals surface area contributed by atoms with Gasteiger partial charge in [-0.05, 0) is 98.9 Å². The van der Waals surface area contributed by atoms with Gasteiger partial charge in [0.05, 0.1) is 0 Å². The molecular weight excluding hydrogens is 952 g/mol. The maximum absolute atomic E-state index is 8.68. The fourth-order valence-corrected chi connectivity index (χ4v) is 8.35. The quantitative estimate of drug-likeness (QED) is 0.149. The molecule has 0 radical (unpaired) electrons. The van der Waals surface area contributed by atoms with E-state index in [0.29, 0.717) is 28.4 Å². The number of hydrogen-bond donors (Lipinski definition) is 0. The number of ether oxygens (including phenoxy) is 1. The Morgan fingerprint density at radius 2 is 1.24 bits per heavy atom. The Kier molecular flexibility index (Phi) is 9.94. The Bertz CT molecular complexity index is 3220. The zero-order valence-electron chi connectivity index (χ0n) is 39.2. The molecule has 63 heavy (non-hydrogen) atoms. The van der Waals surface area contributed by atoms with Gasteiger partial charge in [0, 0.05) is 71.0 Å². The van der Waals surface area contributed by atoms with E-state index in [1.165, 1.54) is 11.1 Å². The zero-order valence-corrected chi connectivity index (χ0v) is 38.5. The minimum Gasteiger partial charge on any atom is -0.509 e. The molecular formula is C57H49N4OPt-3. The number of fused-ring (bicyclic) bond motifs is 4. The minimum absolute atomic E-state index is 0. The van der Waals surface area contributed by atoms with E-state index in [1.54, 1.807) is 12.3 Å². The molecule has 0 unspecified atom stereocenters. The predicted molar refractivity (Wildman–Crippen MR) is 257 cm³/mol. The Hall–Kier alpha value is -6.42. The molecule has 2 aromatic heterocycles. The summed E-state index contributed by atoms with van der Waals surface area (Å²) in [4.78, 5) is 9.38. The van der Waals surface area contributed by atoms with Crippen molar-refractivity contribution in [1.29, 1.82) is 0 Å². The van der Waals surface area contributed by atoms with Crippen LogP contribution < -0.4 is 14.5 Å². The summed E-state index contributed by atoms with van der Waals surface area (Å²) in [6.45, 7) is 13.3. The molecule has 0 N–H and O–H groups in total. The molecule has 1 aliphatic rings. The van der Waals surface area contributed by atoms with Crippen LogP contribution in [-0.2, 0) is 31.9 Å². The number of anilines is 4. The van der Waals surface area contributed by atoms with Gasteiger partial charge >= 0.3 is 0 Å². The number of benzene rings is 7. The first-order chi connectivity index (χ1) is 31.1. The number of nitrogens with zero attached hydrogens (tertiary/aromatic N) is 4. The molecule has 10 rings (SSSR count). The molecule has 5 nitrogen and oxygen atoms in total. The van der Waals surface area contributed by atoms with E-state index in [-0.39, 0.29) is 37.5 Å². The molecule has 0 bridgehead atoms. The van der Waals surface area contributed by atoms with Crippen LogP contribution in [0.15, 0.2) is 164 Å². The Balaban J connectivity index is 0.00000548. The second kappa shape index (κ2) is 16.4. The average Bonchev–Trinajstić information content (AvgIpc) is 3.84. The van der Waals surface area contributed by atoms with Crippen molar-refractivity contribution in [3.05, 3.63) is 199 Å². The van der Waals surface area contributed by atoms with Gasteiger partial charge in [-0.3, -0.25) is 0 Å². The van der Waals surface area contributed by atoms with E-state index in [0.717, 1.165) is 55.7 Å². The number of pyridine rings is 1. The monoisotopic (exact) mass is 1000 g/mol. The molecule has 316 valence electrons. The Morgan fingerprint density at radius 1 is 0.587 bits per heavy atom. The molecule has 9 aromatic rings. The average molecular weight is 1000 g/mol. The number of aromatic nitrogens is 2. The number of aryl methyl sites for hydroxylation is 1. The number of rotatable bonds is 7. The van der Waals surface area contributed by atoms with Gasteiger partial charge in [-0.25, -0.2) is 4.98 Å². The maximum Gasteiger partial charge on any atom is 0.135 e. The number of hydrogen-bond acceptors (Lipinski definition) is 4. The summed E-state index contributed by atoms with van der Waals surface area (Å²) in [5, 5.41) is 1.93. The summed E-state index contributed by atoms with van der Waals surface area (Å²) in [7, 11) is 0. The molecule has 0 fully saturated rings. The van der Waals surface area contributed by atoms with Crippen molar-refractivity contribution in [3.8, 4) is 39.6 Å². The smallest absolute Gasteiger partial charge is 0.135 e. The first kappa shape index (κ1) is 38.3. The first-order valence-electron chi connectivity index (χ1n) is 22.6. The van der Waals surface area contributed by atoms with Crippen LogP contribution >= 0.6 is 0 Å². The molecule has 0 aliphatic carbocycles. The maximum atomic E-state index is 8.68. The van der Waals surface area contributed by atoms with Gasteiger partial charge in [-0.2, -0.15) is 12.1 Å². The van der Waals surface area contributed by atoms with Crippen molar-refractivity contribution in [2.24, 2.45) is 0 Å². The minimum atomic E-state index is -2.41. The summed E-state index contributed by atoms with van der Waals surface area (Å²) in [6.07, 6.45) is 1.68. The Morgan fingerprint density at radius 3 is 1.98 bits per heavy atom. The van der Waals surface area contributed by atoms with Crippen LogP contribution in [0.3, 0.4) is 0 Å². The van der Waals surface area contributed by atoms with Crippen LogP contribution in [0, 0.1) is 25.7 Å². The molecule has 0 amide bonds. The second-order valence-corrected chi connectivity index (χ2v) is 18.1. The summed E-state index contributed by atoms with van der Waals surface area (Å²) >= 11 is 0. The van der Waals surface area contributed by atoms with E-state index in [9.17, 15) is 0 Å². The topological polar surface area (TPSA) is 33.5 Å². The molecule has 3 heterocycles. The molecule has 0 saturated carbocycles. The standard InChI is InChI=1S/C57H49N4O.Pt/c1-38-29-55(58-36-50(38)41-20-15-19-40(30-41)39-17-9-8-10-18-39)61-51-24-12-11-23-48(51)49-28-27-47(35-54(49)61)62-46-22-16-21-44(34-46)59-37-60(53-26-14-13-25-52(53)59)45-32-42(56(2,3)4)31-43(33-45)57(5,6)7;/h8-33,36-37H,1-7H3;/q-3;/i1D3;. The summed E-state index contributed by atoms with van der Waals surface area (Å²) in [5.74, 6) is 1.49. The molecule has 0 atom stereocenters. The van der Waals surface area contributed by atoms with Crippen molar-refractivity contribution in [2.75, 3.05) is 9.80 Å². The second-order valence-electron chi connectivity index (χ2n) is 18.1. The third-order valence-corrected chi connectivity index (χ3v) is 11.7. The fraction of sp³-hybridized carbons (Fsp3) is 0.158. The van der Waals surface area contributed by atoms with Crippen LogP contribution in [-0.4, -0.2) is 9.55 Å². The van der Waals surface area contributed by atoms with Crippen LogP contribution in [0.1, 0.15) is 62.3 Å². The van der Waals surface area contributed by atoms with Gasteiger partial charge in [0.15, 0.2) is 0 Å². The molecule has 0 saturated heterocycles. The molecule has 0 spiro atoms. The van der Waals surface area contributed by atoms with Gasteiger partial charge in [-0.15, -0.1) is 48.1 Å². The first-order valence-corrected chi connectivity index (χ1v) is 21.1.